The molecule has 0 saturated carbocycles. The first-order valence-electron chi connectivity index (χ1n) is 13.1. The van der Waals surface area contributed by atoms with Crippen molar-refractivity contribution in [3.05, 3.63) is 98.2 Å². The second-order valence-corrected chi connectivity index (χ2v) is 9.84. The zero-order chi connectivity index (χ0) is 29.1. The van der Waals surface area contributed by atoms with E-state index in [0.29, 0.717) is 6.42 Å². The van der Waals surface area contributed by atoms with Crippen molar-refractivity contribution < 1.29 is 28.6 Å². The van der Waals surface area contributed by atoms with E-state index in [4.69, 9.17) is 14.2 Å². The Hall–Kier alpha value is -4.47. The van der Waals surface area contributed by atoms with Crippen molar-refractivity contribution in [2.24, 2.45) is 5.41 Å². The van der Waals surface area contributed by atoms with Crippen LogP contribution in [-0.2, 0) is 36.8 Å². The predicted octanol–water partition coefficient (Wildman–Crippen LogP) is 3.38. The van der Waals surface area contributed by atoms with E-state index in [2.05, 4.69) is 4.98 Å². The van der Waals surface area contributed by atoms with Gasteiger partial charge in [-0.25, -0.2) is 4.79 Å². The molecule has 40 heavy (non-hydrogen) atoms. The molecule has 0 radical (unpaired) electrons. The van der Waals surface area contributed by atoms with Crippen LogP contribution < -0.4 is 16.0 Å². The number of H-pyrrole nitrogens is 1. The molecular formula is C30H34N2O8. The lowest BCUT2D eigenvalue weighted by atomic mass is 9.91. The lowest BCUT2D eigenvalue weighted by molar-refractivity contribution is -0.159. The molecule has 0 bridgehead atoms. The lowest BCUT2D eigenvalue weighted by Gasteiger charge is -2.20. The van der Waals surface area contributed by atoms with Gasteiger partial charge in [-0.2, -0.15) is 0 Å². The first kappa shape index (κ1) is 30.1. The fraction of sp³-hybridized carbons (Fsp3) is 0.367. The zero-order valence-electron chi connectivity index (χ0n) is 22.9. The monoisotopic (exact) mass is 550 g/mol. The third-order valence-corrected chi connectivity index (χ3v) is 6.42. The van der Waals surface area contributed by atoms with Gasteiger partial charge in [0.1, 0.15) is 13.2 Å². The number of hydrogen-bond acceptors (Lipinski definition) is 8. The molecule has 10 heteroatoms. The molecule has 1 heterocycles. The van der Waals surface area contributed by atoms with Crippen LogP contribution >= 0.6 is 0 Å². The number of nitrogens with one attached hydrogen (secondary N) is 1. The summed E-state index contributed by atoms with van der Waals surface area (Å²) in [5.41, 5.74) is -0.298. The molecule has 0 saturated heterocycles. The van der Waals surface area contributed by atoms with E-state index >= 15 is 0 Å². The molecule has 0 spiro atoms. The third kappa shape index (κ3) is 8.52. The van der Waals surface area contributed by atoms with Crippen LogP contribution in [0.2, 0.25) is 0 Å². The van der Waals surface area contributed by atoms with Crippen molar-refractivity contribution in [1.29, 1.82) is 0 Å². The topological polar surface area (TPSA) is 134 Å². The first-order chi connectivity index (χ1) is 19.1. The van der Waals surface area contributed by atoms with Gasteiger partial charge >= 0.3 is 23.6 Å². The van der Waals surface area contributed by atoms with Crippen LogP contribution in [-0.4, -0.2) is 40.7 Å². The molecule has 10 nitrogen and oxygen atoms in total. The summed E-state index contributed by atoms with van der Waals surface area (Å²) in [6, 6.07) is 18.1. The Morgan fingerprint density at radius 2 is 1.40 bits per heavy atom. The van der Waals surface area contributed by atoms with Gasteiger partial charge < -0.3 is 14.2 Å². The number of benzene rings is 2. The summed E-state index contributed by atoms with van der Waals surface area (Å²) in [6.07, 6.45) is 0.0791. The van der Waals surface area contributed by atoms with Gasteiger partial charge in [0.25, 0.3) is 5.56 Å². The van der Waals surface area contributed by atoms with Gasteiger partial charge in [0.15, 0.2) is 0 Å². The highest BCUT2D eigenvalue weighted by atomic mass is 16.6. The molecule has 0 fully saturated rings. The fourth-order valence-electron chi connectivity index (χ4n) is 3.62. The van der Waals surface area contributed by atoms with Crippen molar-refractivity contribution in [2.75, 3.05) is 13.2 Å². The molecular weight excluding hydrogens is 516 g/mol. The second kappa shape index (κ2) is 14.1. The van der Waals surface area contributed by atoms with E-state index in [1.807, 2.05) is 43.3 Å². The maximum atomic E-state index is 13.4. The van der Waals surface area contributed by atoms with Crippen LogP contribution in [0.1, 0.15) is 56.7 Å². The molecule has 212 valence electrons. The Labute approximate surface area is 231 Å². The molecule has 0 amide bonds. The van der Waals surface area contributed by atoms with E-state index < -0.39 is 28.6 Å². The van der Waals surface area contributed by atoms with Crippen LogP contribution in [0.5, 0.6) is 5.88 Å². The van der Waals surface area contributed by atoms with E-state index in [-0.39, 0.29) is 56.4 Å². The minimum Gasteiger partial charge on any atom is -0.462 e. The second-order valence-electron chi connectivity index (χ2n) is 9.84. The molecule has 1 N–H and O–H groups in total. The molecule has 2 aromatic carbocycles. The number of aromatic amines is 1. The average molecular weight is 551 g/mol. The van der Waals surface area contributed by atoms with Crippen LogP contribution in [0.4, 0.5) is 0 Å². The Bertz CT molecular complexity index is 1430. The summed E-state index contributed by atoms with van der Waals surface area (Å²) in [6.45, 7) is 5.20. The summed E-state index contributed by atoms with van der Waals surface area (Å²) < 4.78 is 16.5. The summed E-state index contributed by atoms with van der Waals surface area (Å²) in [4.78, 5) is 65.3. The highest BCUT2D eigenvalue weighted by Crippen LogP contribution is 2.21. The minimum atomic E-state index is -0.821. The van der Waals surface area contributed by atoms with E-state index in [1.165, 1.54) is 0 Å². The number of rotatable bonds is 13. The molecule has 0 aliphatic heterocycles. The number of aromatic nitrogens is 2. The number of hydrogen-bond donors (Lipinski definition) is 1. The van der Waals surface area contributed by atoms with Crippen molar-refractivity contribution >= 4 is 17.9 Å². The maximum absolute atomic E-state index is 13.4. The molecule has 0 atom stereocenters. The Balaban J connectivity index is 1.65. The summed E-state index contributed by atoms with van der Waals surface area (Å²) in [5.74, 6) is -2.15. The molecule has 1 aromatic heterocycles. The number of esters is 3. The van der Waals surface area contributed by atoms with Crippen molar-refractivity contribution in [3.63, 3.8) is 0 Å². The largest absolute Gasteiger partial charge is 0.462 e. The summed E-state index contributed by atoms with van der Waals surface area (Å²) >= 11 is 0. The molecule has 0 aliphatic rings. The third-order valence-electron chi connectivity index (χ3n) is 6.42. The van der Waals surface area contributed by atoms with Gasteiger partial charge in [0.05, 0.1) is 30.4 Å². The average Bonchev–Trinajstić information content (AvgIpc) is 2.95. The van der Waals surface area contributed by atoms with Crippen molar-refractivity contribution in [1.82, 2.24) is 9.55 Å². The summed E-state index contributed by atoms with van der Waals surface area (Å²) in [7, 11) is 0. The standard InChI is InChI=1S/C30H34N2O8/c1-4-30(2,3)28(36)39-18-17-38-24(33)15-16-25(34)40-26-23(19-21-11-7-5-8-12-21)27(35)32(29(37)31-26)20-22-13-9-6-10-14-22/h5-14H,4,15-20H2,1-3H3,(H,31,37). The fourth-order valence-corrected chi connectivity index (χ4v) is 3.62. The maximum Gasteiger partial charge on any atom is 0.331 e. The Morgan fingerprint density at radius 3 is 2.02 bits per heavy atom. The van der Waals surface area contributed by atoms with Crippen LogP contribution in [0.25, 0.3) is 0 Å². The number of ether oxygens (including phenoxy) is 3. The quantitative estimate of drug-likeness (QED) is 0.253. The van der Waals surface area contributed by atoms with Gasteiger partial charge in [-0.05, 0) is 31.4 Å². The number of carbonyl (C=O) groups is 3. The molecule has 3 rings (SSSR count). The van der Waals surface area contributed by atoms with Crippen LogP contribution in [0.3, 0.4) is 0 Å². The van der Waals surface area contributed by atoms with E-state index in [0.717, 1.165) is 15.7 Å². The highest BCUT2D eigenvalue weighted by molar-refractivity contribution is 5.79. The van der Waals surface area contributed by atoms with Gasteiger partial charge in [-0.3, -0.25) is 28.7 Å². The predicted molar refractivity (Wildman–Crippen MR) is 147 cm³/mol. The minimum absolute atomic E-state index is 0.0438. The Kier molecular flexibility index (Phi) is 10.6. The molecule has 0 unspecified atom stereocenters. The van der Waals surface area contributed by atoms with Crippen molar-refractivity contribution in [3.8, 4) is 5.88 Å². The first-order valence-corrected chi connectivity index (χ1v) is 13.1. The van der Waals surface area contributed by atoms with Gasteiger partial charge in [0, 0.05) is 6.42 Å². The van der Waals surface area contributed by atoms with Gasteiger partial charge in [-0.15, -0.1) is 0 Å². The van der Waals surface area contributed by atoms with Gasteiger partial charge in [-0.1, -0.05) is 67.6 Å². The molecule has 0 aliphatic carbocycles. The van der Waals surface area contributed by atoms with Crippen LogP contribution in [0.15, 0.2) is 70.3 Å². The number of nitrogens with zero attached hydrogens (tertiary/aromatic N) is 1. The SMILES string of the molecule is CCC(C)(C)C(=O)OCCOC(=O)CCC(=O)Oc1[nH]c(=O)n(Cc2ccccc2)c(=O)c1Cc1ccccc1. The zero-order valence-corrected chi connectivity index (χ0v) is 22.9. The van der Waals surface area contributed by atoms with Crippen molar-refractivity contribution in [2.45, 2.75) is 53.0 Å². The highest BCUT2D eigenvalue weighted by Gasteiger charge is 2.27. The van der Waals surface area contributed by atoms with Crippen LogP contribution in [0, 0.1) is 5.41 Å². The Morgan fingerprint density at radius 1 is 0.825 bits per heavy atom. The number of carbonyl (C=O) groups excluding carboxylic acids is 3. The van der Waals surface area contributed by atoms with E-state index in [1.54, 1.807) is 38.1 Å². The lowest BCUT2D eigenvalue weighted by Crippen LogP contribution is -2.38. The normalized spacial score (nSPS) is 11.1. The summed E-state index contributed by atoms with van der Waals surface area (Å²) in [5, 5.41) is 0. The van der Waals surface area contributed by atoms with E-state index in [9.17, 15) is 24.0 Å². The molecule has 3 aromatic rings. The smallest absolute Gasteiger partial charge is 0.331 e. The van der Waals surface area contributed by atoms with Gasteiger partial charge in [0.2, 0.25) is 5.88 Å².